The Morgan fingerprint density at radius 3 is 1.88 bits per heavy atom. The molecule has 2 aromatic rings. The number of rotatable bonds is 7. The number of aromatic nitrogens is 4. The van der Waals surface area contributed by atoms with Gasteiger partial charge in [0.2, 0.25) is 0 Å². The molecule has 0 radical (unpaired) electrons. The molecule has 5 heteroatoms. The molecule has 0 saturated heterocycles. The quantitative estimate of drug-likeness (QED) is 0.733. The Hall–Kier alpha value is -2.04. The zero-order valence-electron chi connectivity index (χ0n) is 16.4. The third-order valence-corrected chi connectivity index (χ3v) is 4.24. The molecular formula is C20H30N4O. The van der Waals surface area contributed by atoms with Crippen LogP contribution in [0.2, 0.25) is 0 Å². The molecule has 5 nitrogen and oxygen atoms in total. The fourth-order valence-corrected chi connectivity index (χ4v) is 2.75. The minimum Gasteiger partial charge on any atom is -0.487 e. The zero-order valence-corrected chi connectivity index (χ0v) is 16.4. The summed E-state index contributed by atoms with van der Waals surface area (Å²) in [6.45, 7) is 14.8. The van der Waals surface area contributed by atoms with Crippen LogP contribution in [0.15, 0.2) is 24.8 Å². The Morgan fingerprint density at radius 1 is 0.840 bits per heavy atom. The standard InChI is InChI=1S/C20H30N4O/c1-13(2)16-9-23-19(24-10-16)20(6,7)8-15(5)25-17-11-21-18(14(3)4)22-12-17/h9-15H,8H2,1-7H3. The molecule has 0 aliphatic heterocycles. The topological polar surface area (TPSA) is 60.8 Å². The van der Waals surface area contributed by atoms with E-state index in [0.717, 1.165) is 23.6 Å². The van der Waals surface area contributed by atoms with E-state index in [4.69, 9.17) is 4.74 Å². The van der Waals surface area contributed by atoms with Crippen LogP contribution in [-0.4, -0.2) is 26.0 Å². The van der Waals surface area contributed by atoms with Gasteiger partial charge in [-0.25, -0.2) is 19.9 Å². The molecule has 2 heterocycles. The summed E-state index contributed by atoms with van der Waals surface area (Å²) >= 11 is 0. The molecule has 0 spiro atoms. The molecule has 0 bridgehead atoms. The van der Waals surface area contributed by atoms with Gasteiger partial charge >= 0.3 is 0 Å². The average Bonchev–Trinajstić information content (AvgIpc) is 2.54. The molecule has 25 heavy (non-hydrogen) atoms. The van der Waals surface area contributed by atoms with Crippen molar-refractivity contribution in [3.8, 4) is 5.75 Å². The highest BCUT2D eigenvalue weighted by molar-refractivity contribution is 5.15. The predicted octanol–water partition coefficient (Wildman–Crippen LogP) is 4.65. The summed E-state index contributed by atoms with van der Waals surface area (Å²) in [5, 5.41) is 0. The van der Waals surface area contributed by atoms with E-state index in [1.165, 1.54) is 0 Å². The van der Waals surface area contributed by atoms with Gasteiger partial charge in [-0.3, -0.25) is 0 Å². The molecule has 0 aliphatic rings. The van der Waals surface area contributed by atoms with Crippen molar-refractivity contribution in [3.63, 3.8) is 0 Å². The van der Waals surface area contributed by atoms with E-state index >= 15 is 0 Å². The number of ether oxygens (including phenoxy) is 1. The zero-order chi connectivity index (χ0) is 18.6. The molecule has 1 atom stereocenters. The van der Waals surface area contributed by atoms with Crippen LogP contribution in [0.4, 0.5) is 0 Å². The highest BCUT2D eigenvalue weighted by Crippen LogP contribution is 2.27. The van der Waals surface area contributed by atoms with Crippen LogP contribution in [0, 0.1) is 0 Å². The van der Waals surface area contributed by atoms with Gasteiger partial charge in [-0.2, -0.15) is 0 Å². The first kappa shape index (κ1) is 19.3. The lowest BCUT2D eigenvalue weighted by Crippen LogP contribution is -2.28. The van der Waals surface area contributed by atoms with Crippen LogP contribution in [0.1, 0.15) is 83.9 Å². The SMILES string of the molecule is CC(CC(C)(C)c1ncc(C(C)C)cn1)Oc1cnc(C(C)C)nc1. The molecule has 1 unspecified atom stereocenters. The second-order valence-corrected chi connectivity index (χ2v) is 7.94. The summed E-state index contributed by atoms with van der Waals surface area (Å²) in [7, 11) is 0. The smallest absolute Gasteiger partial charge is 0.156 e. The fraction of sp³-hybridized carbons (Fsp3) is 0.600. The highest BCUT2D eigenvalue weighted by atomic mass is 16.5. The third kappa shape index (κ3) is 5.21. The lowest BCUT2D eigenvalue weighted by molar-refractivity contribution is 0.176. The average molecular weight is 342 g/mol. The van der Waals surface area contributed by atoms with Crippen molar-refractivity contribution in [2.24, 2.45) is 0 Å². The molecule has 2 rings (SSSR count). The van der Waals surface area contributed by atoms with Crippen LogP contribution in [-0.2, 0) is 5.41 Å². The van der Waals surface area contributed by atoms with Gasteiger partial charge in [-0.05, 0) is 24.8 Å². The van der Waals surface area contributed by atoms with Gasteiger partial charge in [0, 0.05) is 23.7 Å². The van der Waals surface area contributed by atoms with E-state index in [1.807, 2.05) is 12.4 Å². The van der Waals surface area contributed by atoms with Crippen LogP contribution in [0.3, 0.4) is 0 Å². The lowest BCUT2D eigenvalue weighted by atomic mass is 9.86. The molecule has 2 aromatic heterocycles. The lowest BCUT2D eigenvalue weighted by Gasteiger charge is -2.27. The molecule has 0 fully saturated rings. The molecule has 0 amide bonds. The Labute approximate surface area is 151 Å². The minimum atomic E-state index is -0.173. The van der Waals surface area contributed by atoms with Crippen LogP contribution in [0.25, 0.3) is 0 Å². The van der Waals surface area contributed by atoms with Gasteiger partial charge in [-0.15, -0.1) is 0 Å². The van der Waals surface area contributed by atoms with Crippen molar-refractivity contribution in [1.82, 2.24) is 19.9 Å². The van der Waals surface area contributed by atoms with E-state index in [0.29, 0.717) is 17.6 Å². The first-order valence-electron chi connectivity index (χ1n) is 9.00. The van der Waals surface area contributed by atoms with Crippen molar-refractivity contribution in [2.75, 3.05) is 0 Å². The Morgan fingerprint density at radius 2 is 1.40 bits per heavy atom. The van der Waals surface area contributed by atoms with Gasteiger partial charge in [0.05, 0.1) is 18.5 Å². The molecule has 0 aliphatic carbocycles. The summed E-state index contributed by atoms with van der Waals surface area (Å²) < 4.78 is 5.99. The third-order valence-electron chi connectivity index (χ3n) is 4.24. The minimum absolute atomic E-state index is 0.0110. The van der Waals surface area contributed by atoms with Crippen molar-refractivity contribution < 1.29 is 4.74 Å². The predicted molar refractivity (Wildman–Crippen MR) is 100.0 cm³/mol. The molecule has 0 N–H and O–H groups in total. The van der Waals surface area contributed by atoms with Crippen molar-refractivity contribution in [1.29, 1.82) is 0 Å². The van der Waals surface area contributed by atoms with E-state index in [1.54, 1.807) is 12.4 Å². The number of hydrogen-bond acceptors (Lipinski definition) is 5. The first-order valence-corrected chi connectivity index (χ1v) is 9.00. The number of nitrogens with zero attached hydrogens (tertiary/aromatic N) is 4. The summed E-state index contributed by atoms with van der Waals surface area (Å²) in [5.41, 5.74) is 0.986. The normalized spacial score (nSPS) is 13.3. The van der Waals surface area contributed by atoms with E-state index in [9.17, 15) is 0 Å². The summed E-state index contributed by atoms with van der Waals surface area (Å²) in [5.74, 6) is 3.13. The number of hydrogen-bond donors (Lipinski definition) is 0. The van der Waals surface area contributed by atoms with E-state index < -0.39 is 0 Å². The van der Waals surface area contributed by atoms with Gasteiger partial charge in [0.25, 0.3) is 0 Å². The van der Waals surface area contributed by atoms with Crippen molar-refractivity contribution in [2.45, 2.75) is 78.2 Å². The Balaban J connectivity index is 2.01. The first-order chi connectivity index (χ1) is 11.7. The molecule has 136 valence electrons. The van der Waals surface area contributed by atoms with Crippen molar-refractivity contribution in [3.05, 3.63) is 42.0 Å². The van der Waals surface area contributed by atoms with Crippen LogP contribution in [0.5, 0.6) is 5.75 Å². The monoisotopic (exact) mass is 342 g/mol. The van der Waals surface area contributed by atoms with Gasteiger partial charge in [0.1, 0.15) is 11.6 Å². The summed E-state index contributed by atoms with van der Waals surface area (Å²) in [4.78, 5) is 17.8. The summed E-state index contributed by atoms with van der Waals surface area (Å²) in [6, 6.07) is 0. The molecular weight excluding hydrogens is 312 g/mol. The molecule has 0 aromatic carbocycles. The Kier molecular flexibility index (Phi) is 6.09. The summed E-state index contributed by atoms with van der Waals surface area (Å²) in [6.07, 6.45) is 8.17. The van der Waals surface area contributed by atoms with Crippen molar-refractivity contribution >= 4 is 0 Å². The van der Waals surface area contributed by atoms with Gasteiger partial charge in [-0.1, -0.05) is 41.5 Å². The maximum absolute atomic E-state index is 5.99. The highest BCUT2D eigenvalue weighted by Gasteiger charge is 2.27. The maximum Gasteiger partial charge on any atom is 0.156 e. The van der Waals surface area contributed by atoms with Crippen LogP contribution < -0.4 is 4.74 Å². The van der Waals surface area contributed by atoms with Gasteiger partial charge < -0.3 is 4.74 Å². The van der Waals surface area contributed by atoms with E-state index in [2.05, 4.69) is 68.4 Å². The second-order valence-electron chi connectivity index (χ2n) is 7.94. The second kappa shape index (κ2) is 7.89. The fourth-order valence-electron chi connectivity index (χ4n) is 2.75. The maximum atomic E-state index is 5.99. The van der Waals surface area contributed by atoms with Gasteiger partial charge in [0.15, 0.2) is 5.75 Å². The van der Waals surface area contributed by atoms with E-state index in [-0.39, 0.29) is 11.5 Å². The van der Waals surface area contributed by atoms with Crippen LogP contribution >= 0.6 is 0 Å². The molecule has 0 saturated carbocycles. The largest absolute Gasteiger partial charge is 0.487 e. The Bertz CT molecular complexity index is 663.